The average molecular weight is 343 g/mol. The zero-order valence-electron chi connectivity index (χ0n) is 11.2. The summed E-state index contributed by atoms with van der Waals surface area (Å²) in [5, 5.41) is 8.34. The summed E-state index contributed by atoms with van der Waals surface area (Å²) in [6.45, 7) is 4.97. The predicted octanol–water partition coefficient (Wildman–Crippen LogP) is 3.94. The van der Waals surface area contributed by atoms with Crippen molar-refractivity contribution in [2.45, 2.75) is 26.4 Å². The molecule has 0 saturated carbocycles. The third kappa shape index (κ3) is 2.86. The maximum Gasteiger partial charge on any atom is 0.0837 e. The normalized spacial score (nSPS) is 12.7. The van der Waals surface area contributed by atoms with Crippen LogP contribution in [0.25, 0.3) is 0 Å². The quantitative estimate of drug-likeness (QED) is 0.912. The van der Waals surface area contributed by atoms with E-state index < -0.39 is 0 Å². The highest BCUT2D eigenvalue weighted by Crippen LogP contribution is 2.31. The molecule has 0 spiro atoms. The molecule has 102 valence electrons. The summed E-state index contributed by atoms with van der Waals surface area (Å²) in [4.78, 5) is 0. The minimum atomic E-state index is 0.0445. The van der Waals surface area contributed by atoms with Crippen molar-refractivity contribution in [2.75, 3.05) is 7.05 Å². The molecule has 1 unspecified atom stereocenters. The average Bonchev–Trinajstić information content (AvgIpc) is 2.74. The second kappa shape index (κ2) is 6.07. The maximum absolute atomic E-state index is 6.30. The lowest BCUT2D eigenvalue weighted by atomic mass is 9.99. The summed E-state index contributed by atoms with van der Waals surface area (Å²) < 4.78 is 3.02. The molecule has 0 amide bonds. The number of benzene rings is 1. The first-order chi connectivity index (χ1) is 9.08. The zero-order valence-corrected chi connectivity index (χ0v) is 13.6. The summed E-state index contributed by atoms with van der Waals surface area (Å²) in [5.41, 5.74) is 3.44. The number of rotatable bonds is 4. The summed E-state index contributed by atoms with van der Waals surface area (Å²) in [6.07, 6.45) is 1.71. The van der Waals surface area contributed by atoms with E-state index >= 15 is 0 Å². The lowest BCUT2D eigenvalue weighted by Gasteiger charge is -2.20. The van der Waals surface area contributed by atoms with Gasteiger partial charge in [-0.1, -0.05) is 33.6 Å². The van der Waals surface area contributed by atoms with E-state index in [0.717, 1.165) is 16.7 Å². The van der Waals surface area contributed by atoms with Crippen LogP contribution in [0.2, 0.25) is 5.02 Å². The summed E-state index contributed by atoms with van der Waals surface area (Å²) in [7, 11) is 1.94. The van der Waals surface area contributed by atoms with Gasteiger partial charge < -0.3 is 5.32 Å². The van der Waals surface area contributed by atoms with E-state index in [9.17, 15) is 0 Å². The van der Waals surface area contributed by atoms with Gasteiger partial charge in [0.05, 0.1) is 23.0 Å². The van der Waals surface area contributed by atoms with Crippen LogP contribution in [-0.4, -0.2) is 16.8 Å². The third-order valence-corrected chi connectivity index (χ3v) is 4.02. The Labute approximate surface area is 127 Å². The third-order valence-electron chi connectivity index (χ3n) is 3.24. The minimum Gasteiger partial charge on any atom is -0.308 e. The van der Waals surface area contributed by atoms with Gasteiger partial charge in [-0.15, -0.1) is 0 Å². The topological polar surface area (TPSA) is 29.9 Å². The fourth-order valence-corrected chi connectivity index (χ4v) is 3.04. The molecule has 1 atom stereocenters. The number of hydrogen-bond donors (Lipinski definition) is 1. The highest BCUT2D eigenvalue weighted by atomic mass is 79.9. The Bertz CT molecular complexity index is 580. The van der Waals surface area contributed by atoms with Crippen LogP contribution in [0.3, 0.4) is 0 Å². The van der Waals surface area contributed by atoms with Crippen LogP contribution < -0.4 is 5.32 Å². The Morgan fingerprint density at radius 1 is 1.47 bits per heavy atom. The summed E-state index contributed by atoms with van der Waals surface area (Å²) >= 11 is 9.79. The largest absolute Gasteiger partial charge is 0.308 e. The molecule has 2 aromatic rings. The Balaban J connectivity index is 2.52. The first-order valence-corrected chi connectivity index (χ1v) is 7.40. The van der Waals surface area contributed by atoms with E-state index in [2.05, 4.69) is 52.3 Å². The van der Waals surface area contributed by atoms with Crippen molar-refractivity contribution in [3.63, 3.8) is 0 Å². The molecule has 0 aliphatic heterocycles. The van der Waals surface area contributed by atoms with Crippen molar-refractivity contribution in [1.29, 1.82) is 0 Å². The molecular formula is C14H17BrClN3. The molecule has 0 bridgehead atoms. The molecule has 0 fully saturated rings. The lowest BCUT2D eigenvalue weighted by Crippen LogP contribution is -2.22. The maximum atomic E-state index is 6.30. The molecule has 1 heterocycles. The minimum absolute atomic E-state index is 0.0445. The number of halogens is 2. The number of aryl methyl sites for hydroxylation is 2. The van der Waals surface area contributed by atoms with Crippen molar-refractivity contribution in [3.8, 4) is 0 Å². The summed E-state index contributed by atoms with van der Waals surface area (Å²) in [5.74, 6) is 0. The Kier molecular flexibility index (Phi) is 4.66. The van der Waals surface area contributed by atoms with Crippen molar-refractivity contribution >= 4 is 27.5 Å². The number of nitrogens with zero attached hydrogens (tertiary/aromatic N) is 2. The van der Waals surface area contributed by atoms with Gasteiger partial charge in [0.1, 0.15) is 0 Å². The van der Waals surface area contributed by atoms with Crippen molar-refractivity contribution in [2.24, 2.45) is 0 Å². The molecule has 0 saturated heterocycles. The molecular weight excluding hydrogens is 326 g/mol. The van der Waals surface area contributed by atoms with E-state index in [-0.39, 0.29) is 6.04 Å². The SMILES string of the molecule is CCn1ncc(Cl)c1C(NC)c1ccc(Br)cc1C. The molecule has 5 heteroatoms. The second-order valence-electron chi connectivity index (χ2n) is 4.42. The molecule has 1 N–H and O–H groups in total. The number of aromatic nitrogens is 2. The van der Waals surface area contributed by atoms with Crippen molar-refractivity contribution < 1.29 is 0 Å². The van der Waals surface area contributed by atoms with Gasteiger partial charge in [-0.3, -0.25) is 4.68 Å². The predicted molar refractivity (Wildman–Crippen MR) is 82.7 cm³/mol. The number of nitrogens with one attached hydrogen (secondary N) is 1. The monoisotopic (exact) mass is 341 g/mol. The van der Waals surface area contributed by atoms with E-state index in [4.69, 9.17) is 11.6 Å². The van der Waals surface area contributed by atoms with Crippen molar-refractivity contribution in [3.05, 3.63) is 50.7 Å². The molecule has 19 heavy (non-hydrogen) atoms. The second-order valence-corrected chi connectivity index (χ2v) is 5.74. The van der Waals surface area contributed by atoms with Crippen LogP contribution in [0.4, 0.5) is 0 Å². The Morgan fingerprint density at radius 2 is 2.21 bits per heavy atom. The van der Waals surface area contributed by atoms with E-state index in [0.29, 0.717) is 5.02 Å². The van der Waals surface area contributed by atoms with Crippen molar-refractivity contribution in [1.82, 2.24) is 15.1 Å². The van der Waals surface area contributed by atoms with Gasteiger partial charge in [-0.2, -0.15) is 5.10 Å². The van der Waals surface area contributed by atoms with Gasteiger partial charge in [-0.05, 0) is 44.2 Å². The van der Waals surface area contributed by atoms with Crippen LogP contribution in [-0.2, 0) is 6.54 Å². The standard InChI is InChI=1S/C14H17BrClN3/c1-4-19-14(12(16)8-18-19)13(17-3)11-6-5-10(15)7-9(11)2/h5-8,13,17H,4H2,1-3H3. The lowest BCUT2D eigenvalue weighted by molar-refractivity contribution is 0.562. The first-order valence-electron chi connectivity index (χ1n) is 6.23. The number of hydrogen-bond acceptors (Lipinski definition) is 2. The zero-order chi connectivity index (χ0) is 14.0. The first kappa shape index (κ1) is 14.6. The van der Waals surface area contributed by atoms with Gasteiger partial charge in [0.2, 0.25) is 0 Å². The van der Waals surface area contributed by atoms with Gasteiger partial charge >= 0.3 is 0 Å². The molecule has 2 rings (SSSR count). The Morgan fingerprint density at radius 3 is 2.79 bits per heavy atom. The molecule has 1 aromatic heterocycles. The molecule has 0 aliphatic rings. The molecule has 1 aromatic carbocycles. The van der Waals surface area contributed by atoms with E-state index in [1.165, 1.54) is 11.1 Å². The van der Waals surface area contributed by atoms with Gasteiger partial charge in [0, 0.05) is 11.0 Å². The van der Waals surface area contributed by atoms with Gasteiger partial charge in [-0.25, -0.2) is 0 Å². The van der Waals surface area contributed by atoms with Crippen LogP contribution in [0, 0.1) is 6.92 Å². The highest BCUT2D eigenvalue weighted by molar-refractivity contribution is 9.10. The molecule has 3 nitrogen and oxygen atoms in total. The van der Waals surface area contributed by atoms with Gasteiger partial charge in [0.25, 0.3) is 0 Å². The summed E-state index contributed by atoms with van der Waals surface area (Å²) in [6, 6.07) is 6.32. The van der Waals surface area contributed by atoms with Crippen LogP contribution in [0.15, 0.2) is 28.9 Å². The van der Waals surface area contributed by atoms with E-state index in [1.807, 2.05) is 17.8 Å². The highest BCUT2D eigenvalue weighted by Gasteiger charge is 2.21. The van der Waals surface area contributed by atoms with Gasteiger partial charge in [0.15, 0.2) is 0 Å². The van der Waals surface area contributed by atoms with Crippen LogP contribution in [0.1, 0.15) is 29.8 Å². The Hall–Kier alpha value is -0.840. The van der Waals surface area contributed by atoms with E-state index in [1.54, 1.807) is 6.20 Å². The fraction of sp³-hybridized carbons (Fsp3) is 0.357. The molecule has 0 radical (unpaired) electrons. The molecule has 0 aliphatic carbocycles. The fourth-order valence-electron chi connectivity index (χ4n) is 2.31. The van der Waals surface area contributed by atoms with Crippen LogP contribution in [0.5, 0.6) is 0 Å². The smallest absolute Gasteiger partial charge is 0.0837 e. The van der Waals surface area contributed by atoms with Crippen LogP contribution >= 0.6 is 27.5 Å².